The van der Waals surface area contributed by atoms with Gasteiger partial charge in [0.25, 0.3) is 5.91 Å². The summed E-state index contributed by atoms with van der Waals surface area (Å²) >= 11 is 3.21. The Balaban J connectivity index is 1.87. The van der Waals surface area contributed by atoms with E-state index in [9.17, 15) is 9.18 Å². The SMILES string of the molecule is CN(CCOc1ccccc1F)C(=O)c1ccc(Br)nc1. The second-order valence-electron chi connectivity index (χ2n) is 4.38. The molecule has 0 bridgehead atoms. The molecule has 0 spiro atoms. The number of amides is 1. The molecule has 6 heteroatoms. The molecule has 1 amide bonds. The molecule has 0 fully saturated rings. The van der Waals surface area contributed by atoms with Gasteiger partial charge in [0.15, 0.2) is 11.6 Å². The van der Waals surface area contributed by atoms with Crippen molar-refractivity contribution in [3.63, 3.8) is 0 Å². The summed E-state index contributed by atoms with van der Waals surface area (Å²) in [5.74, 6) is -0.389. The van der Waals surface area contributed by atoms with E-state index in [1.165, 1.54) is 17.2 Å². The number of hydrogen-bond donors (Lipinski definition) is 0. The van der Waals surface area contributed by atoms with E-state index < -0.39 is 5.82 Å². The van der Waals surface area contributed by atoms with Crippen molar-refractivity contribution < 1.29 is 13.9 Å². The maximum atomic E-state index is 13.4. The highest BCUT2D eigenvalue weighted by Gasteiger charge is 2.12. The summed E-state index contributed by atoms with van der Waals surface area (Å²) in [4.78, 5) is 17.6. The van der Waals surface area contributed by atoms with Crippen LogP contribution >= 0.6 is 15.9 Å². The van der Waals surface area contributed by atoms with Gasteiger partial charge in [-0.1, -0.05) is 12.1 Å². The maximum Gasteiger partial charge on any atom is 0.255 e. The van der Waals surface area contributed by atoms with Crippen molar-refractivity contribution in [3.8, 4) is 5.75 Å². The summed E-state index contributed by atoms with van der Waals surface area (Å²) in [5.41, 5.74) is 0.492. The van der Waals surface area contributed by atoms with E-state index in [1.807, 2.05) is 0 Å². The average Bonchev–Trinajstić information content (AvgIpc) is 2.49. The van der Waals surface area contributed by atoms with Crippen LogP contribution in [0, 0.1) is 5.82 Å². The van der Waals surface area contributed by atoms with E-state index >= 15 is 0 Å². The van der Waals surface area contributed by atoms with Crippen LogP contribution in [-0.2, 0) is 0 Å². The predicted octanol–water partition coefficient (Wildman–Crippen LogP) is 3.13. The average molecular weight is 353 g/mol. The third kappa shape index (κ3) is 4.26. The second-order valence-corrected chi connectivity index (χ2v) is 5.19. The lowest BCUT2D eigenvalue weighted by atomic mass is 10.2. The van der Waals surface area contributed by atoms with Gasteiger partial charge in [-0.15, -0.1) is 0 Å². The lowest BCUT2D eigenvalue weighted by Gasteiger charge is -2.17. The van der Waals surface area contributed by atoms with Crippen LogP contribution in [0.4, 0.5) is 4.39 Å². The number of nitrogens with zero attached hydrogens (tertiary/aromatic N) is 2. The number of rotatable bonds is 5. The van der Waals surface area contributed by atoms with Gasteiger partial charge in [0, 0.05) is 13.2 Å². The topological polar surface area (TPSA) is 42.4 Å². The van der Waals surface area contributed by atoms with E-state index in [4.69, 9.17) is 4.74 Å². The number of benzene rings is 1. The fraction of sp³-hybridized carbons (Fsp3) is 0.200. The van der Waals surface area contributed by atoms with Crippen molar-refractivity contribution >= 4 is 21.8 Å². The molecule has 0 N–H and O–H groups in total. The minimum Gasteiger partial charge on any atom is -0.489 e. The molecule has 0 saturated carbocycles. The molecule has 1 aromatic carbocycles. The smallest absolute Gasteiger partial charge is 0.255 e. The first-order valence-electron chi connectivity index (χ1n) is 6.32. The largest absolute Gasteiger partial charge is 0.489 e. The first-order chi connectivity index (χ1) is 10.1. The van der Waals surface area contributed by atoms with Crippen molar-refractivity contribution in [2.75, 3.05) is 20.2 Å². The standard InChI is InChI=1S/C15H14BrFN2O2/c1-19(15(20)11-6-7-14(16)18-10-11)8-9-21-13-5-3-2-4-12(13)17/h2-7,10H,8-9H2,1H3. The van der Waals surface area contributed by atoms with E-state index in [2.05, 4.69) is 20.9 Å². The highest BCUT2D eigenvalue weighted by atomic mass is 79.9. The van der Waals surface area contributed by atoms with Gasteiger partial charge in [-0.25, -0.2) is 9.37 Å². The quantitative estimate of drug-likeness (QED) is 0.776. The Labute approximate surface area is 130 Å². The number of hydrogen-bond acceptors (Lipinski definition) is 3. The van der Waals surface area contributed by atoms with Crippen molar-refractivity contribution in [1.82, 2.24) is 9.88 Å². The molecule has 21 heavy (non-hydrogen) atoms. The van der Waals surface area contributed by atoms with Gasteiger partial charge in [0.1, 0.15) is 11.2 Å². The van der Waals surface area contributed by atoms with Crippen LogP contribution in [0.15, 0.2) is 47.2 Å². The molecule has 4 nitrogen and oxygen atoms in total. The van der Waals surface area contributed by atoms with Gasteiger partial charge < -0.3 is 9.64 Å². The van der Waals surface area contributed by atoms with Gasteiger partial charge in [-0.3, -0.25) is 4.79 Å². The molecular weight excluding hydrogens is 339 g/mol. The number of likely N-dealkylation sites (N-methyl/N-ethyl adjacent to an activating group) is 1. The Hall–Kier alpha value is -1.95. The number of carbonyl (C=O) groups is 1. The fourth-order valence-corrected chi connectivity index (χ4v) is 1.91. The van der Waals surface area contributed by atoms with Crippen LogP contribution in [-0.4, -0.2) is 36.0 Å². The van der Waals surface area contributed by atoms with Gasteiger partial charge in [-0.05, 0) is 40.2 Å². The number of pyridine rings is 1. The van der Waals surface area contributed by atoms with Crippen LogP contribution in [0.3, 0.4) is 0 Å². The number of para-hydroxylation sites is 1. The predicted molar refractivity (Wildman–Crippen MR) is 80.8 cm³/mol. The number of halogens is 2. The number of carbonyl (C=O) groups excluding carboxylic acids is 1. The van der Waals surface area contributed by atoms with E-state index in [1.54, 1.807) is 37.4 Å². The van der Waals surface area contributed by atoms with Crippen molar-refractivity contribution in [2.45, 2.75) is 0 Å². The molecule has 0 aliphatic rings. The minimum absolute atomic E-state index is 0.160. The molecule has 1 aromatic heterocycles. The summed E-state index contributed by atoms with van der Waals surface area (Å²) in [6.07, 6.45) is 1.50. The number of aromatic nitrogens is 1. The van der Waals surface area contributed by atoms with Crippen LogP contribution < -0.4 is 4.74 Å². The lowest BCUT2D eigenvalue weighted by molar-refractivity contribution is 0.0772. The third-order valence-corrected chi connectivity index (χ3v) is 3.31. The molecule has 0 radical (unpaired) electrons. The Bertz CT molecular complexity index is 619. The van der Waals surface area contributed by atoms with Crippen molar-refractivity contribution in [1.29, 1.82) is 0 Å². The minimum atomic E-state index is -0.413. The molecule has 2 rings (SSSR count). The van der Waals surface area contributed by atoms with Gasteiger partial charge in [-0.2, -0.15) is 0 Å². The second kappa shape index (κ2) is 7.17. The summed E-state index contributed by atoms with van der Waals surface area (Å²) in [6, 6.07) is 9.57. The third-order valence-electron chi connectivity index (χ3n) is 2.84. The lowest BCUT2D eigenvalue weighted by Crippen LogP contribution is -2.31. The summed E-state index contributed by atoms with van der Waals surface area (Å²) in [7, 11) is 1.66. The normalized spacial score (nSPS) is 10.2. The first-order valence-corrected chi connectivity index (χ1v) is 7.11. The molecule has 0 aliphatic heterocycles. The first kappa shape index (κ1) is 15.4. The zero-order valence-corrected chi connectivity index (χ0v) is 13.0. The molecular formula is C15H14BrFN2O2. The highest BCUT2D eigenvalue weighted by molar-refractivity contribution is 9.10. The van der Waals surface area contributed by atoms with Crippen molar-refractivity contribution in [2.24, 2.45) is 0 Å². The van der Waals surface area contributed by atoms with Crippen LogP contribution in [0.5, 0.6) is 5.75 Å². The Morgan fingerprint density at radius 2 is 2.10 bits per heavy atom. The Morgan fingerprint density at radius 3 is 2.76 bits per heavy atom. The summed E-state index contributed by atoms with van der Waals surface area (Å²) in [6.45, 7) is 0.566. The zero-order valence-electron chi connectivity index (χ0n) is 11.4. The molecule has 110 valence electrons. The number of ether oxygens (including phenoxy) is 1. The summed E-state index contributed by atoms with van der Waals surface area (Å²) < 4.78 is 19.3. The molecule has 0 unspecified atom stereocenters. The molecule has 0 atom stereocenters. The Kier molecular flexibility index (Phi) is 5.27. The zero-order chi connectivity index (χ0) is 15.2. The van der Waals surface area contributed by atoms with Crippen LogP contribution in [0.25, 0.3) is 0 Å². The van der Waals surface area contributed by atoms with Crippen LogP contribution in [0.1, 0.15) is 10.4 Å². The van der Waals surface area contributed by atoms with E-state index in [-0.39, 0.29) is 18.3 Å². The summed E-state index contributed by atoms with van der Waals surface area (Å²) in [5, 5.41) is 0. The molecule has 1 heterocycles. The molecule has 2 aromatic rings. The van der Waals surface area contributed by atoms with E-state index in [0.717, 1.165) is 0 Å². The van der Waals surface area contributed by atoms with Gasteiger partial charge in [0.05, 0.1) is 12.1 Å². The fourth-order valence-electron chi connectivity index (χ4n) is 1.68. The van der Waals surface area contributed by atoms with Gasteiger partial charge >= 0.3 is 0 Å². The Morgan fingerprint density at radius 1 is 1.33 bits per heavy atom. The molecule has 0 aliphatic carbocycles. The molecule has 0 saturated heterocycles. The van der Waals surface area contributed by atoms with Crippen LogP contribution in [0.2, 0.25) is 0 Å². The maximum absolute atomic E-state index is 13.4. The van der Waals surface area contributed by atoms with Gasteiger partial charge in [0.2, 0.25) is 0 Å². The monoisotopic (exact) mass is 352 g/mol. The van der Waals surface area contributed by atoms with Crippen molar-refractivity contribution in [3.05, 3.63) is 58.6 Å². The van der Waals surface area contributed by atoms with E-state index in [0.29, 0.717) is 16.7 Å². The highest BCUT2D eigenvalue weighted by Crippen LogP contribution is 2.15.